The molecule has 1 saturated heterocycles. The van der Waals surface area contributed by atoms with E-state index in [1.807, 2.05) is 32.0 Å². The summed E-state index contributed by atoms with van der Waals surface area (Å²) in [4.78, 5) is 42.9. The lowest BCUT2D eigenvalue weighted by Gasteiger charge is -2.19. The van der Waals surface area contributed by atoms with E-state index in [0.29, 0.717) is 21.4 Å². The number of hydrogen-bond acceptors (Lipinski definition) is 7. The molecule has 1 aromatic carbocycles. The predicted octanol–water partition coefficient (Wildman–Crippen LogP) is 3.73. The van der Waals surface area contributed by atoms with E-state index in [2.05, 4.69) is 4.98 Å². The van der Waals surface area contributed by atoms with Crippen molar-refractivity contribution >= 4 is 74.3 Å². The first kappa shape index (κ1) is 21.2. The van der Waals surface area contributed by atoms with Gasteiger partial charge in [0.1, 0.15) is 10.9 Å². The first-order valence-electron chi connectivity index (χ1n) is 8.48. The van der Waals surface area contributed by atoms with Crippen molar-refractivity contribution in [2.45, 2.75) is 20.8 Å². The molecule has 29 heavy (non-hydrogen) atoms. The highest BCUT2D eigenvalue weighted by atomic mass is 32.2. The summed E-state index contributed by atoms with van der Waals surface area (Å²) in [5.74, 6) is -1.78. The molecule has 2 aromatic rings. The van der Waals surface area contributed by atoms with Gasteiger partial charge in [0.05, 0.1) is 16.3 Å². The van der Waals surface area contributed by atoms with Crippen molar-refractivity contribution in [1.82, 2.24) is 9.88 Å². The summed E-state index contributed by atoms with van der Waals surface area (Å²) in [6.45, 7) is 4.96. The van der Waals surface area contributed by atoms with Gasteiger partial charge in [-0.25, -0.2) is 4.98 Å². The molecule has 1 fully saturated rings. The molecule has 3 rings (SSSR count). The number of anilines is 2. The van der Waals surface area contributed by atoms with Crippen LogP contribution < -0.4 is 4.90 Å². The number of amides is 2. The van der Waals surface area contributed by atoms with Crippen molar-refractivity contribution in [3.05, 3.63) is 45.3 Å². The zero-order chi connectivity index (χ0) is 21.3. The van der Waals surface area contributed by atoms with Gasteiger partial charge >= 0.3 is 5.97 Å². The smallest absolute Gasteiger partial charge is 0.323 e. The van der Waals surface area contributed by atoms with Crippen LogP contribution in [0.5, 0.6) is 0 Å². The van der Waals surface area contributed by atoms with E-state index < -0.39 is 18.4 Å². The minimum Gasteiger partial charge on any atom is -0.480 e. The number of carbonyl (C=O) groups is 3. The number of carboxylic acid groups (broad SMARTS) is 1. The third kappa shape index (κ3) is 4.55. The molecule has 7 nitrogen and oxygen atoms in total. The average molecular weight is 448 g/mol. The maximum atomic E-state index is 12.4. The number of thiazole rings is 1. The van der Waals surface area contributed by atoms with Crippen molar-refractivity contribution in [2.75, 3.05) is 11.4 Å². The summed E-state index contributed by atoms with van der Waals surface area (Å²) in [5, 5.41) is 11.1. The molecule has 1 aliphatic heterocycles. The van der Waals surface area contributed by atoms with Gasteiger partial charge in [-0.1, -0.05) is 30.0 Å². The number of hydrogen-bond donors (Lipinski definition) is 1. The summed E-state index contributed by atoms with van der Waals surface area (Å²) in [6, 6.07) is 5.74. The highest BCUT2D eigenvalue weighted by Crippen LogP contribution is 2.34. The molecule has 0 saturated carbocycles. The number of rotatable bonds is 5. The molecule has 0 aliphatic carbocycles. The lowest BCUT2D eigenvalue weighted by atomic mass is 10.1. The number of aryl methyl sites for hydroxylation is 2. The first-order chi connectivity index (χ1) is 13.7. The monoisotopic (exact) mass is 447 g/mol. The summed E-state index contributed by atoms with van der Waals surface area (Å²) in [7, 11) is 0. The largest absolute Gasteiger partial charge is 0.480 e. The van der Waals surface area contributed by atoms with Crippen LogP contribution in [-0.4, -0.2) is 43.6 Å². The van der Waals surface area contributed by atoms with E-state index in [4.69, 9.17) is 17.3 Å². The number of carbonyl (C=O) groups excluding carboxylic acids is 2. The molecule has 0 radical (unpaired) electrons. The molecule has 1 N–H and O–H groups in total. The van der Waals surface area contributed by atoms with Crippen molar-refractivity contribution < 1.29 is 19.5 Å². The highest BCUT2D eigenvalue weighted by molar-refractivity contribution is 8.26. The van der Waals surface area contributed by atoms with Gasteiger partial charge < -0.3 is 5.11 Å². The van der Waals surface area contributed by atoms with Crippen molar-refractivity contribution in [2.24, 2.45) is 0 Å². The van der Waals surface area contributed by atoms with Crippen LogP contribution in [0.3, 0.4) is 0 Å². The number of aliphatic carboxylic acids is 1. The zero-order valence-corrected chi connectivity index (χ0v) is 18.3. The zero-order valence-electron chi connectivity index (χ0n) is 15.8. The fourth-order valence-electron chi connectivity index (χ4n) is 2.64. The molecule has 1 aliphatic rings. The molecular formula is C19H17N3O4S3. The Balaban J connectivity index is 1.89. The Morgan fingerprint density at radius 1 is 1.31 bits per heavy atom. The normalized spacial score (nSPS) is 15.3. The van der Waals surface area contributed by atoms with Crippen LogP contribution in [-0.2, 0) is 14.4 Å². The number of carboxylic acids is 1. The minimum atomic E-state index is -1.14. The Hall–Kier alpha value is -2.56. The molecule has 2 amide bonds. The summed E-state index contributed by atoms with van der Waals surface area (Å²) >= 11 is 7.40. The van der Waals surface area contributed by atoms with Crippen LogP contribution in [0.1, 0.15) is 23.7 Å². The maximum Gasteiger partial charge on any atom is 0.323 e. The van der Waals surface area contributed by atoms with E-state index in [1.54, 1.807) is 11.5 Å². The van der Waals surface area contributed by atoms with Crippen molar-refractivity contribution in [3.8, 4) is 0 Å². The van der Waals surface area contributed by atoms with Gasteiger partial charge in [0.15, 0.2) is 5.13 Å². The summed E-state index contributed by atoms with van der Waals surface area (Å²) < 4.78 is 0.194. The molecule has 2 heterocycles. The average Bonchev–Trinajstić information content (AvgIpc) is 3.18. The molecule has 150 valence electrons. The Kier molecular flexibility index (Phi) is 6.15. The van der Waals surface area contributed by atoms with Gasteiger partial charge in [-0.15, -0.1) is 11.3 Å². The molecule has 0 atom stereocenters. The molecule has 1 aromatic heterocycles. The van der Waals surface area contributed by atoms with Gasteiger partial charge in [-0.3, -0.25) is 24.2 Å². The second kappa shape index (κ2) is 8.44. The van der Waals surface area contributed by atoms with Crippen LogP contribution in [0.25, 0.3) is 6.08 Å². The SMILES string of the molecule is CC(=O)N(c1ccc(C)c(C)c1)c1nc(C=C2SC(=S)N(CC(=O)O)C2=O)cs1. The molecular weight excluding hydrogens is 430 g/mol. The molecule has 0 unspecified atom stereocenters. The van der Waals surface area contributed by atoms with E-state index in [9.17, 15) is 14.4 Å². The van der Waals surface area contributed by atoms with Gasteiger partial charge in [-0.05, 0) is 43.2 Å². The van der Waals surface area contributed by atoms with E-state index >= 15 is 0 Å². The Bertz CT molecular complexity index is 1060. The van der Waals surface area contributed by atoms with Crippen LogP contribution in [0.15, 0.2) is 28.5 Å². The number of thioether (sulfide) groups is 1. The third-order valence-electron chi connectivity index (χ3n) is 4.21. The van der Waals surface area contributed by atoms with Crippen LogP contribution >= 0.6 is 35.3 Å². The quantitative estimate of drug-likeness (QED) is 0.552. The van der Waals surface area contributed by atoms with E-state index in [0.717, 1.165) is 27.8 Å². The number of thiocarbonyl (C=S) groups is 1. The number of aromatic nitrogens is 1. The Morgan fingerprint density at radius 2 is 2.03 bits per heavy atom. The first-order valence-corrected chi connectivity index (χ1v) is 10.6. The lowest BCUT2D eigenvalue weighted by Crippen LogP contribution is -2.33. The minimum absolute atomic E-state index is 0.179. The molecule has 0 bridgehead atoms. The maximum absolute atomic E-state index is 12.4. The van der Waals surface area contributed by atoms with Gasteiger partial charge in [0, 0.05) is 12.3 Å². The van der Waals surface area contributed by atoms with Crippen LogP contribution in [0.2, 0.25) is 0 Å². The fourth-order valence-corrected chi connectivity index (χ4v) is 4.73. The summed E-state index contributed by atoms with van der Waals surface area (Å²) in [6.07, 6.45) is 1.56. The topological polar surface area (TPSA) is 90.8 Å². The van der Waals surface area contributed by atoms with Crippen LogP contribution in [0, 0.1) is 13.8 Å². The lowest BCUT2D eigenvalue weighted by molar-refractivity contribution is -0.140. The van der Waals surface area contributed by atoms with E-state index in [-0.39, 0.29) is 10.2 Å². The van der Waals surface area contributed by atoms with Crippen LogP contribution in [0.4, 0.5) is 10.8 Å². The fraction of sp³-hybridized carbons (Fsp3) is 0.211. The number of benzene rings is 1. The standard InChI is InChI=1S/C19H17N3O4S3/c1-10-4-5-14(6-11(10)2)22(12(3)23)18-20-13(9-28-18)7-15-17(26)21(8-16(24)25)19(27)29-15/h4-7,9H,8H2,1-3H3,(H,24,25). The second-order valence-electron chi connectivity index (χ2n) is 6.34. The van der Waals surface area contributed by atoms with E-state index in [1.165, 1.54) is 23.2 Å². The molecule has 0 spiro atoms. The van der Waals surface area contributed by atoms with Gasteiger partial charge in [0.25, 0.3) is 5.91 Å². The third-order valence-corrected chi connectivity index (χ3v) is 6.43. The van der Waals surface area contributed by atoms with Crippen molar-refractivity contribution in [1.29, 1.82) is 0 Å². The molecule has 10 heteroatoms. The highest BCUT2D eigenvalue weighted by Gasteiger charge is 2.33. The predicted molar refractivity (Wildman–Crippen MR) is 118 cm³/mol. The van der Waals surface area contributed by atoms with Gasteiger partial charge in [0.2, 0.25) is 5.91 Å². The summed E-state index contributed by atoms with van der Waals surface area (Å²) in [5.41, 5.74) is 3.40. The van der Waals surface area contributed by atoms with Crippen molar-refractivity contribution in [3.63, 3.8) is 0 Å². The number of nitrogens with zero attached hydrogens (tertiary/aromatic N) is 3. The Labute approximate surface area is 181 Å². The Morgan fingerprint density at radius 3 is 2.66 bits per heavy atom. The second-order valence-corrected chi connectivity index (χ2v) is 8.85. The van der Waals surface area contributed by atoms with Gasteiger partial charge in [-0.2, -0.15) is 0 Å².